The lowest BCUT2D eigenvalue weighted by atomic mass is 10.1. The molecule has 0 fully saturated rings. The highest BCUT2D eigenvalue weighted by atomic mass is 16.5. The van der Waals surface area contributed by atoms with Crippen LogP contribution in [0.3, 0.4) is 0 Å². The largest absolute Gasteiger partial charge is 0.339 e. The molecule has 0 bridgehead atoms. The predicted octanol–water partition coefficient (Wildman–Crippen LogP) is 6.01. The summed E-state index contributed by atoms with van der Waals surface area (Å²) < 4.78 is 20.3. The van der Waals surface area contributed by atoms with Crippen molar-refractivity contribution >= 4 is 0 Å². The minimum atomic E-state index is 0.579. The number of aromatic nitrogens is 4. The molecule has 0 aromatic carbocycles. The molecule has 2 aromatic heterocycles. The normalized spacial score (nSPS) is 11.5. The topological polar surface area (TPSA) is 36.1 Å². The Balaban J connectivity index is 1.43. The second-order valence-corrected chi connectivity index (χ2v) is 9.65. The van der Waals surface area contributed by atoms with Gasteiger partial charge in [0.05, 0.1) is 26.3 Å². The van der Waals surface area contributed by atoms with E-state index in [2.05, 4.69) is 69.6 Å². The molecular formula is C28H52N4O2+2. The molecule has 0 atom stereocenters. The van der Waals surface area contributed by atoms with Gasteiger partial charge in [-0.05, 0) is 25.7 Å². The Morgan fingerprint density at radius 3 is 1.32 bits per heavy atom. The molecule has 0 amide bonds. The maximum Gasteiger partial charge on any atom is 0.245 e. The van der Waals surface area contributed by atoms with Gasteiger partial charge in [0.1, 0.15) is 24.8 Å². The summed E-state index contributed by atoms with van der Waals surface area (Å²) >= 11 is 0. The van der Waals surface area contributed by atoms with E-state index < -0.39 is 0 Å². The summed E-state index contributed by atoms with van der Waals surface area (Å²) in [7, 11) is 0. The SMILES string of the molecule is CCCCCCCCCn1cc[n+](COCCOC[n+]2ccn(CCCCCCCCC)c2)c1. The summed E-state index contributed by atoms with van der Waals surface area (Å²) in [5.41, 5.74) is 0. The van der Waals surface area contributed by atoms with E-state index >= 15 is 0 Å². The third kappa shape index (κ3) is 13.9. The van der Waals surface area contributed by atoms with Crippen molar-refractivity contribution < 1.29 is 18.6 Å². The van der Waals surface area contributed by atoms with Gasteiger partial charge in [-0.1, -0.05) is 78.1 Å². The maximum absolute atomic E-state index is 5.77. The molecule has 34 heavy (non-hydrogen) atoms. The number of rotatable bonds is 23. The molecule has 0 unspecified atom stereocenters. The minimum absolute atomic E-state index is 0.579. The molecule has 2 rings (SSSR count). The molecule has 2 aromatic rings. The van der Waals surface area contributed by atoms with Crippen molar-refractivity contribution in [1.82, 2.24) is 9.13 Å². The summed E-state index contributed by atoms with van der Waals surface area (Å²) in [4.78, 5) is 0. The molecular weight excluding hydrogens is 424 g/mol. The van der Waals surface area contributed by atoms with Gasteiger partial charge in [-0.2, -0.15) is 0 Å². The molecule has 0 aliphatic heterocycles. The third-order valence-corrected chi connectivity index (χ3v) is 6.38. The van der Waals surface area contributed by atoms with Crippen LogP contribution in [0.5, 0.6) is 0 Å². The smallest absolute Gasteiger partial charge is 0.245 e. The van der Waals surface area contributed by atoms with Gasteiger partial charge < -0.3 is 9.47 Å². The van der Waals surface area contributed by atoms with Crippen molar-refractivity contribution in [1.29, 1.82) is 0 Å². The van der Waals surface area contributed by atoms with Crippen molar-refractivity contribution in [3.63, 3.8) is 0 Å². The quantitative estimate of drug-likeness (QED) is 0.145. The van der Waals surface area contributed by atoms with Crippen molar-refractivity contribution in [3.8, 4) is 0 Å². The molecule has 0 aliphatic carbocycles. The summed E-state index contributed by atoms with van der Waals surface area (Å²) in [5, 5.41) is 0. The van der Waals surface area contributed by atoms with E-state index in [4.69, 9.17) is 9.47 Å². The Labute approximate surface area is 208 Å². The molecule has 0 aliphatic rings. The fourth-order valence-corrected chi connectivity index (χ4v) is 4.26. The Bertz CT molecular complexity index is 653. The van der Waals surface area contributed by atoms with Crippen LogP contribution in [0.1, 0.15) is 104 Å². The first-order valence-electron chi connectivity index (χ1n) is 14.1. The van der Waals surface area contributed by atoms with Crippen LogP contribution in [0.4, 0.5) is 0 Å². The lowest BCUT2D eigenvalue weighted by Crippen LogP contribution is -2.35. The van der Waals surface area contributed by atoms with Gasteiger partial charge in [-0.25, -0.2) is 18.3 Å². The third-order valence-electron chi connectivity index (χ3n) is 6.38. The number of unbranched alkanes of at least 4 members (excludes halogenated alkanes) is 12. The minimum Gasteiger partial charge on any atom is -0.339 e. The molecule has 0 saturated carbocycles. The zero-order chi connectivity index (χ0) is 24.1. The number of nitrogens with zero attached hydrogens (tertiary/aromatic N) is 4. The highest BCUT2D eigenvalue weighted by Crippen LogP contribution is 2.08. The molecule has 0 saturated heterocycles. The van der Waals surface area contributed by atoms with Crippen LogP contribution in [0.25, 0.3) is 0 Å². The van der Waals surface area contributed by atoms with Gasteiger partial charge >= 0.3 is 0 Å². The molecule has 2 heterocycles. The Hall–Kier alpha value is -1.66. The monoisotopic (exact) mass is 476 g/mol. The maximum atomic E-state index is 5.77. The van der Waals surface area contributed by atoms with Gasteiger partial charge in [-0.15, -0.1) is 0 Å². The van der Waals surface area contributed by atoms with E-state index in [1.807, 2.05) is 0 Å². The lowest BCUT2D eigenvalue weighted by Gasteiger charge is -2.02. The van der Waals surface area contributed by atoms with Crippen LogP contribution in [0.15, 0.2) is 37.4 Å². The average molecular weight is 477 g/mol. The van der Waals surface area contributed by atoms with E-state index in [0.29, 0.717) is 26.7 Å². The molecule has 194 valence electrons. The fraction of sp³-hybridized carbons (Fsp3) is 0.786. The first-order valence-corrected chi connectivity index (χ1v) is 14.1. The van der Waals surface area contributed by atoms with Gasteiger partial charge in [0.15, 0.2) is 13.5 Å². The van der Waals surface area contributed by atoms with E-state index in [-0.39, 0.29) is 0 Å². The van der Waals surface area contributed by atoms with Gasteiger partial charge in [0, 0.05) is 0 Å². The van der Waals surface area contributed by atoms with Crippen molar-refractivity contribution in [2.45, 2.75) is 130 Å². The second-order valence-electron chi connectivity index (χ2n) is 9.65. The van der Waals surface area contributed by atoms with Crippen LogP contribution in [0.2, 0.25) is 0 Å². The Morgan fingerprint density at radius 1 is 0.529 bits per heavy atom. The van der Waals surface area contributed by atoms with E-state index in [9.17, 15) is 0 Å². The molecule has 0 N–H and O–H groups in total. The number of hydrogen-bond donors (Lipinski definition) is 0. The summed E-state index contributed by atoms with van der Waals surface area (Å²) in [6.45, 7) is 9.11. The van der Waals surface area contributed by atoms with E-state index in [1.54, 1.807) is 0 Å². The zero-order valence-corrected chi connectivity index (χ0v) is 22.2. The predicted molar refractivity (Wildman–Crippen MR) is 137 cm³/mol. The summed E-state index contributed by atoms with van der Waals surface area (Å²) in [5.74, 6) is 0. The van der Waals surface area contributed by atoms with Crippen LogP contribution >= 0.6 is 0 Å². The standard InChI is InChI=1S/C28H52N4O2/c1-3-5-7-9-11-13-15-17-29-19-21-31(25-29)27-33-23-24-34-28-32-22-20-30(26-32)18-16-14-12-10-8-6-4-2/h19-22,25-26H,3-18,23-24,27-28H2,1-2H3/q+2. The van der Waals surface area contributed by atoms with E-state index in [0.717, 1.165) is 13.1 Å². The lowest BCUT2D eigenvalue weighted by molar-refractivity contribution is -0.737. The molecule has 6 heteroatoms. The van der Waals surface area contributed by atoms with Crippen LogP contribution < -0.4 is 9.13 Å². The zero-order valence-electron chi connectivity index (χ0n) is 22.2. The fourth-order valence-electron chi connectivity index (χ4n) is 4.26. The molecule has 6 nitrogen and oxygen atoms in total. The average Bonchev–Trinajstić information content (AvgIpc) is 3.49. The Kier molecular flexibility index (Phi) is 16.5. The van der Waals surface area contributed by atoms with Gasteiger partial charge in [-0.3, -0.25) is 0 Å². The van der Waals surface area contributed by atoms with Crippen LogP contribution in [-0.4, -0.2) is 22.3 Å². The first kappa shape index (κ1) is 28.6. The first-order chi connectivity index (χ1) is 16.8. The number of hydrogen-bond acceptors (Lipinski definition) is 2. The summed E-state index contributed by atoms with van der Waals surface area (Å²) in [6.07, 6.45) is 31.6. The number of imidazole rings is 2. The van der Waals surface area contributed by atoms with E-state index in [1.165, 1.54) is 89.9 Å². The van der Waals surface area contributed by atoms with Gasteiger partial charge in [0.25, 0.3) is 0 Å². The van der Waals surface area contributed by atoms with Crippen LogP contribution in [0, 0.1) is 0 Å². The van der Waals surface area contributed by atoms with Crippen molar-refractivity contribution in [2.75, 3.05) is 13.2 Å². The van der Waals surface area contributed by atoms with Gasteiger partial charge in [0.2, 0.25) is 12.7 Å². The van der Waals surface area contributed by atoms with Crippen LogP contribution in [-0.2, 0) is 36.0 Å². The molecule has 0 radical (unpaired) electrons. The number of aryl methyl sites for hydroxylation is 2. The highest BCUT2D eigenvalue weighted by molar-refractivity contribution is 4.66. The molecule has 0 spiro atoms. The summed E-state index contributed by atoms with van der Waals surface area (Å²) in [6, 6.07) is 0. The Morgan fingerprint density at radius 2 is 0.912 bits per heavy atom. The second kappa shape index (κ2) is 19.6. The van der Waals surface area contributed by atoms with Crippen molar-refractivity contribution in [3.05, 3.63) is 37.4 Å². The highest BCUT2D eigenvalue weighted by Gasteiger charge is 2.05. The number of ether oxygens (including phenoxy) is 2. The van der Waals surface area contributed by atoms with Crippen molar-refractivity contribution in [2.24, 2.45) is 0 Å².